The zero-order valence-electron chi connectivity index (χ0n) is 12.6. The van der Waals surface area contributed by atoms with E-state index in [4.69, 9.17) is 14.6 Å². The first-order chi connectivity index (χ1) is 9.47. The molecule has 7 heteroatoms. The summed E-state index contributed by atoms with van der Waals surface area (Å²) in [5.41, 5.74) is 0. The predicted molar refractivity (Wildman–Crippen MR) is 74.8 cm³/mol. The van der Waals surface area contributed by atoms with Crippen LogP contribution in [0, 0.1) is 5.92 Å². The molecule has 0 aliphatic rings. The Morgan fingerprint density at radius 2 is 2.00 bits per heavy atom. The molecule has 0 fully saturated rings. The number of carboxylic acids is 1. The maximum absolute atomic E-state index is 11.8. The molecule has 0 bridgehead atoms. The smallest absolute Gasteiger partial charge is 0.323 e. The standard InChI is InChI=1S/C13H26N2O5/c1-11(2)10-20-7-4-5-14-13(18)15(6-8-19-3)9-12(16)17/h11H,4-10H2,1-3H3,(H,14,18)(H,16,17). The van der Waals surface area contributed by atoms with Crippen LogP contribution in [0.5, 0.6) is 0 Å². The number of rotatable bonds is 11. The number of methoxy groups -OCH3 is 1. The van der Waals surface area contributed by atoms with Crippen LogP contribution in [-0.2, 0) is 14.3 Å². The van der Waals surface area contributed by atoms with Crippen molar-refractivity contribution in [2.45, 2.75) is 20.3 Å². The first-order valence-electron chi connectivity index (χ1n) is 6.78. The average Bonchev–Trinajstić information content (AvgIpc) is 2.37. The minimum Gasteiger partial charge on any atom is -0.480 e. The van der Waals surface area contributed by atoms with E-state index < -0.39 is 12.0 Å². The lowest BCUT2D eigenvalue weighted by Gasteiger charge is -2.20. The highest BCUT2D eigenvalue weighted by atomic mass is 16.5. The Morgan fingerprint density at radius 3 is 2.55 bits per heavy atom. The van der Waals surface area contributed by atoms with Crippen LogP contribution in [0.25, 0.3) is 0 Å². The molecular weight excluding hydrogens is 264 g/mol. The van der Waals surface area contributed by atoms with Gasteiger partial charge in [0.05, 0.1) is 6.61 Å². The summed E-state index contributed by atoms with van der Waals surface area (Å²) in [6, 6.07) is -0.395. The lowest BCUT2D eigenvalue weighted by molar-refractivity contribution is -0.137. The number of nitrogens with one attached hydrogen (secondary N) is 1. The lowest BCUT2D eigenvalue weighted by atomic mass is 10.2. The Labute approximate surface area is 120 Å². The molecule has 0 unspecified atom stereocenters. The van der Waals surface area contributed by atoms with E-state index in [2.05, 4.69) is 19.2 Å². The molecule has 118 valence electrons. The van der Waals surface area contributed by atoms with Gasteiger partial charge in [-0.25, -0.2) is 4.79 Å². The van der Waals surface area contributed by atoms with E-state index in [-0.39, 0.29) is 13.1 Å². The van der Waals surface area contributed by atoms with Crippen LogP contribution < -0.4 is 5.32 Å². The third kappa shape index (κ3) is 10.6. The number of hydrogen-bond acceptors (Lipinski definition) is 4. The minimum atomic E-state index is -1.04. The van der Waals surface area contributed by atoms with Gasteiger partial charge in [-0.2, -0.15) is 0 Å². The van der Waals surface area contributed by atoms with Gasteiger partial charge >= 0.3 is 12.0 Å². The van der Waals surface area contributed by atoms with Crippen molar-refractivity contribution < 1.29 is 24.2 Å². The van der Waals surface area contributed by atoms with Crippen molar-refractivity contribution in [3.63, 3.8) is 0 Å². The quantitative estimate of drug-likeness (QED) is 0.549. The van der Waals surface area contributed by atoms with Crippen molar-refractivity contribution in [3.8, 4) is 0 Å². The number of carbonyl (C=O) groups is 2. The van der Waals surface area contributed by atoms with Crippen LogP contribution in [0.1, 0.15) is 20.3 Å². The summed E-state index contributed by atoms with van der Waals surface area (Å²) >= 11 is 0. The maximum atomic E-state index is 11.8. The fraction of sp³-hybridized carbons (Fsp3) is 0.846. The van der Waals surface area contributed by atoms with Crippen molar-refractivity contribution in [2.24, 2.45) is 5.92 Å². The molecule has 0 spiro atoms. The molecule has 0 rings (SSSR count). The molecule has 0 aromatic carbocycles. The van der Waals surface area contributed by atoms with E-state index in [9.17, 15) is 9.59 Å². The van der Waals surface area contributed by atoms with Crippen LogP contribution in [0.3, 0.4) is 0 Å². The second-order valence-electron chi connectivity index (χ2n) is 4.86. The monoisotopic (exact) mass is 290 g/mol. The van der Waals surface area contributed by atoms with Gasteiger partial charge in [0.1, 0.15) is 6.54 Å². The molecule has 0 aromatic heterocycles. The summed E-state index contributed by atoms with van der Waals surface area (Å²) in [6.45, 7) is 6.10. The van der Waals surface area contributed by atoms with Crippen LogP contribution in [-0.4, -0.2) is 68.6 Å². The van der Waals surface area contributed by atoms with Gasteiger partial charge in [0.2, 0.25) is 0 Å². The summed E-state index contributed by atoms with van der Waals surface area (Å²) in [5.74, 6) is -0.554. The van der Waals surface area contributed by atoms with Crippen molar-refractivity contribution in [3.05, 3.63) is 0 Å². The Kier molecular flexibility index (Phi) is 10.7. The van der Waals surface area contributed by atoms with Gasteiger partial charge in [0, 0.05) is 33.4 Å². The predicted octanol–water partition coefficient (Wildman–Crippen LogP) is 0.792. The normalized spacial score (nSPS) is 10.6. The molecular formula is C13H26N2O5. The summed E-state index contributed by atoms with van der Waals surface area (Å²) in [7, 11) is 1.50. The maximum Gasteiger partial charge on any atom is 0.323 e. The largest absolute Gasteiger partial charge is 0.480 e. The second kappa shape index (κ2) is 11.5. The molecule has 0 saturated heterocycles. The number of aliphatic carboxylic acids is 1. The van der Waals surface area contributed by atoms with Crippen LogP contribution in [0.15, 0.2) is 0 Å². The number of urea groups is 1. The molecule has 20 heavy (non-hydrogen) atoms. The van der Waals surface area contributed by atoms with E-state index in [1.165, 1.54) is 12.0 Å². The number of carboxylic acid groups (broad SMARTS) is 1. The van der Waals surface area contributed by atoms with Crippen molar-refractivity contribution >= 4 is 12.0 Å². The summed E-state index contributed by atoms with van der Waals surface area (Å²) in [6.07, 6.45) is 0.698. The van der Waals surface area contributed by atoms with Gasteiger partial charge < -0.3 is 24.8 Å². The first-order valence-corrected chi connectivity index (χ1v) is 6.78. The van der Waals surface area contributed by atoms with Crippen LogP contribution in [0.4, 0.5) is 4.79 Å². The fourth-order valence-corrected chi connectivity index (χ4v) is 1.42. The van der Waals surface area contributed by atoms with Gasteiger partial charge in [-0.15, -0.1) is 0 Å². The highest BCUT2D eigenvalue weighted by molar-refractivity contribution is 5.80. The van der Waals surface area contributed by atoms with Gasteiger partial charge in [-0.05, 0) is 12.3 Å². The Bertz CT molecular complexity index is 284. The van der Waals surface area contributed by atoms with Gasteiger partial charge in [-0.3, -0.25) is 4.79 Å². The van der Waals surface area contributed by atoms with E-state index in [0.717, 1.165) is 0 Å². The molecule has 0 heterocycles. The summed E-state index contributed by atoms with van der Waals surface area (Å²) < 4.78 is 10.2. The number of nitrogens with zero attached hydrogens (tertiary/aromatic N) is 1. The van der Waals surface area contributed by atoms with Crippen LogP contribution in [0.2, 0.25) is 0 Å². The second-order valence-corrected chi connectivity index (χ2v) is 4.86. The Morgan fingerprint density at radius 1 is 1.30 bits per heavy atom. The third-order valence-electron chi connectivity index (χ3n) is 2.37. The molecule has 0 atom stereocenters. The molecule has 7 nitrogen and oxygen atoms in total. The SMILES string of the molecule is COCCN(CC(=O)O)C(=O)NCCCOCC(C)C. The molecule has 0 aliphatic heterocycles. The number of amides is 2. The molecule has 0 radical (unpaired) electrons. The van der Waals surface area contributed by atoms with Gasteiger partial charge in [0.15, 0.2) is 0 Å². The number of carbonyl (C=O) groups excluding carboxylic acids is 1. The van der Waals surface area contributed by atoms with E-state index in [1.54, 1.807) is 0 Å². The zero-order valence-corrected chi connectivity index (χ0v) is 12.6. The topological polar surface area (TPSA) is 88.1 Å². The fourth-order valence-electron chi connectivity index (χ4n) is 1.42. The highest BCUT2D eigenvalue weighted by Crippen LogP contribution is 1.94. The summed E-state index contributed by atoms with van der Waals surface area (Å²) in [5, 5.41) is 11.4. The van der Waals surface area contributed by atoms with Gasteiger partial charge in [-0.1, -0.05) is 13.8 Å². The third-order valence-corrected chi connectivity index (χ3v) is 2.37. The molecule has 0 aliphatic carbocycles. The van der Waals surface area contributed by atoms with Crippen LogP contribution >= 0.6 is 0 Å². The van der Waals surface area contributed by atoms with Crippen molar-refractivity contribution in [2.75, 3.05) is 46.6 Å². The van der Waals surface area contributed by atoms with E-state index in [0.29, 0.717) is 38.7 Å². The Hall–Kier alpha value is -1.34. The van der Waals surface area contributed by atoms with E-state index >= 15 is 0 Å². The van der Waals surface area contributed by atoms with Crippen molar-refractivity contribution in [1.82, 2.24) is 10.2 Å². The molecule has 2 N–H and O–H groups in total. The minimum absolute atomic E-state index is 0.248. The number of ether oxygens (including phenoxy) is 2. The molecule has 2 amide bonds. The van der Waals surface area contributed by atoms with E-state index in [1.807, 2.05) is 0 Å². The summed E-state index contributed by atoms with van der Waals surface area (Å²) in [4.78, 5) is 23.7. The number of hydrogen-bond donors (Lipinski definition) is 2. The zero-order chi connectivity index (χ0) is 15.4. The molecule has 0 saturated carbocycles. The highest BCUT2D eigenvalue weighted by Gasteiger charge is 2.15. The van der Waals surface area contributed by atoms with Crippen molar-refractivity contribution in [1.29, 1.82) is 0 Å². The lowest BCUT2D eigenvalue weighted by Crippen LogP contribution is -2.44. The first kappa shape index (κ1) is 18.7. The van der Waals surface area contributed by atoms with Gasteiger partial charge in [0.25, 0.3) is 0 Å². The average molecular weight is 290 g/mol. The molecule has 0 aromatic rings. The Balaban J connectivity index is 3.85.